The van der Waals surface area contributed by atoms with Crippen LogP contribution in [0.4, 0.5) is 5.69 Å². The lowest BCUT2D eigenvalue weighted by Crippen LogP contribution is -2.14. The zero-order valence-electron chi connectivity index (χ0n) is 13.7. The lowest BCUT2D eigenvalue weighted by Gasteiger charge is -2.11. The largest absolute Gasteiger partial charge is 0.471 e. The Kier molecular flexibility index (Phi) is 9.07. The maximum atomic E-state index is 5.57. The van der Waals surface area contributed by atoms with Crippen LogP contribution in [0.1, 0.15) is 63.0 Å². The molecule has 3 heteroatoms. The Morgan fingerprint density at radius 3 is 2.14 bits per heavy atom. The summed E-state index contributed by atoms with van der Waals surface area (Å²) < 4.78 is 5.57. The van der Waals surface area contributed by atoms with E-state index in [9.17, 15) is 0 Å². The number of anilines is 1. The van der Waals surface area contributed by atoms with Crippen molar-refractivity contribution in [1.29, 1.82) is 0 Å². The Bertz CT molecular complexity index is 411. The molecule has 0 aliphatic heterocycles. The third-order valence-corrected chi connectivity index (χ3v) is 3.67. The first kappa shape index (κ1) is 18.0. The molecule has 0 atom stereocenters. The molecular formula is C18H29NOS. The minimum atomic E-state index is 0.478. The summed E-state index contributed by atoms with van der Waals surface area (Å²) in [6.07, 6.45) is 9.00. The van der Waals surface area contributed by atoms with Crippen LogP contribution in [0, 0.1) is 13.8 Å². The van der Waals surface area contributed by atoms with Gasteiger partial charge in [-0.25, -0.2) is 0 Å². The van der Waals surface area contributed by atoms with Gasteiger partial charge in [0, 0.05) is 5.69 Å². The molecule has 0 spiro atoms. The van der Waals surface area contributed by atoms with Crippen molar-refractivity contribution in [2.24, 2.45) is 0 Å². The van der Waals surface area contributed by atoms with Crippen LogP contribution in [-0.4, -0.2) is 11.8 Å². The molecule has 2 nitrogen and oxygen atoms in total. The van der Waals surface area contributed by atoms with E-state index >= 15 is 0 Å². The van der Waals surface area contributed by atoms with E-state index in [2.05, 4.69) is 44.3 Å². The Hall–Kier alpha value is -1.09. The number of benzene rings is 1. The fourth-order valence-electron chi connectivity index (χ4n) is 2.42. The van der Waals surface area contributed by atoms with Crippen molar-refractivity contribution in [3.05, 3.63) is 29.3 Å². The highest BCUT2D eigenvalue weighted by Crippen LogP contribution is 2.14. The Labute approximate surface area is 135 Å². The van der Waals surface area contributed by atoms with Crippen LogP contribution in [0.2, 0.25) is 0 Å². The van der Waals surface area contributed by atoms with Crippen molar-refractivity contribution >= 4 is 23.1 Å². The Morgan fingerprint density at radius 1 is 0.952 bits per heavy atom. The average molecular weight is 308 g/mol. The van der Waals surface area contributed by atoms with Crippen LogP contribution in [0.3, 0.4) is 0 Å². The zero-order chi connectivity index (χ0) is 15.5. The molecule has 0 aromatic heterocycles. The molecule has 21 heavy (non-hydrogen) atoms. The van der Waals surface area contributed by atoms with Gasteiger partial charge in [-0.2, -0.15) is 0 Å². The molecule has 0 saturated heterocycles. The Morgan fingerprint density at radius 2 is 1.52 bits per heavy atom. The molecule has 1 rings (SSSR count). The van der Waals surface area contributed by atoms with Crippen molar-refractivity contribution in [3.63, 3.8) is 0 Å². The van der Waals surface area contributed by atoms with E-state index in [-0.39, 0.29) is 0 Å². The lowest BCUT2D eigenvalue weighted by atomic mass is 10.1. The van der Waals surface area contributed by atoms with Gasteiger partial charge in [-0.3, -0.25) is 0 Å². The van der Waals surface area contributed by atoms with Gasteiger partial charge >= 0.3 is 0 Å². The van der Waals surface area contributed by atoms with Crippen LogP contribution in [0.5, 0.6) is 0 Å². The standard InChI is InChI=1S/C18H29NOS/c1-4-5-6-7-8-9-10-11-20-18(21)19-17-13-15(2)12-16(3)14-17/h12-14H,4-11H2,1-3H3,(H,19,21). The average Bonchev–Trinajstić information content (AvgIpc) is 2.40. The lowest BCUT2D eigenvalue weighted by molar-refractivity contribution is 0.299. The molecule has 1 aromatic rings. The van der Waals surface area contributed by atoms with E-state index in [4.69, 9.17) is 17.0 Å². The molecule has 0 unspecified atom stereocenters. The highest BCUT2D eigenvalue weighted by molar-refractivity contribution is 7.80. The number of thiocarbonyl (C=S) groups is 1. The number of hydrogen-bond acceptors (Lipinski definition) is 2. The summed E-state index contributed by atoms with van der Waals surface area (Å²) in [7, 11) is 0. The number of hydrogen-bond donors (Lipinski definition) is 1. The summed E-state index contributed by atoms with van der Waals surface area (Å²) in [4.78, 5) is 0. The van der Waals surface area contributed by atoms with Crippen molar-refractivity contribution in [3.8, 4) is 0 Å². The molecule has 0 aliphatic rings. The van der Waals surface area contributed by atoms with Gasteiger partial charge in [-0.1, -0.05) is 51.5 Å². The number of aryl methyl sites for hydroxylation is 2. The highest BCUT2D eigenvalue weighted by atomic mass is 32.1. The molecule has 0 saturated carbocycles. The van der Waals surface area contributed by atoms with Gasteiger partial charge in [-0.05, 0) is 55.7 Å². The number of rotatable bonds is 9. The first-order valence-corrected chi connectivity index (χ1v) is 8.54. The fraction of sp³-hybridized carbons (Fsp3) is 0.611. The quantitative estimate of drug-likeness (QED) is 0.462. The predicted molar refractivity (Wildman–Crippen MR) is 96.1 cm³/mol. The summed E-state index contributed by atoms with van der Waals surface area (Å²) >= 11 is 5.22. The molecule has 0 fully saturated rings. The normalized spacial score (nSPS) is 10.4. The fourth-order valence-corrected chi connectivity index (χ4v) is 2.63. The maximum absolute atomic E-state index is 5.57. The van der Waals surface area contributed by atoms with E-state index in [0.29, 0.717) is 11.8 Å². The van der Waals surface area contributed by atoms with E-state index in [1.165, 1.54) is 49.7 Å². The number of unbranched alkanes of at least 4 members (excludes halogenated alkanes) is 6. The molecule has 0 heterocycles. The molecular weight excluding hydrogens is 278 g/mol. The van der Waals surface area contributed by atoms with Crippen LogP contribution in [0.25, 0.3) is 0 Å². The number of ether oxygens (including phenoxy) is 1. The molecule has 0 bridgehead atoms. The molecule has 0 radical (unpaired) electrons. The topological polar surface area (TPSA) is 21.3 Å². The molecule has 0 amide bonds. The highest BCUT2D eigenvalue weighted by Gasteiger charge is 2.00. The first-order chi connectivity index (χ1) is 10.1. The minimum absolute atomic E-state index is 0.478. The van der Waals surface area contributed by atoms with E-state index in [0.717, 1.165) is 12.1 Å². The third kappa shape index (κ3) is 8.71. The second kappa shape index (κ2) is 10.6. The van der Waals surface area contributed by atoms with Gasteiger partial charge < -0.3 is 10.1 Å². The van der Waals surface area contributed by atoms with E-state index in [1.54, 1.807) is 0 Å². The Balaban J connectivity index is 2.11. The molecule has 1 aromatic carbocycles. The van der Waals surface area contributed by atoms with Gasteiger partial charge in [-0.15, -0.1) is 0 Å². The summed E-state index contributed by atoms with van der Waals surface area (Å²) in [5.74, 6) is 0. The smallest absolute Gasteiger partial charge is 0.261 e. The zero-order valence-corrected chi connectivity index (χ0v) is 14.5. The third-order valence-electron chi connectivity index (χ3n) is 3.45. The van der Waals surface area contributed by atoms with Crippen LogP contribution < -0.4 is 5.32 Å². The van der Waals surface area contributed by atoms with Crippen LogP contribution in [0.15, 0.2) is 18.2 Å². The summed E-state index contributed by atoms with van der Waals surface area (Å²) in [5.41, 5.74) is 3.47. The summed E-state index contributed by atoms with van der Waals surface area (Å²) in [6, 6.07) is 6.31. The van der Waals surface area contributed by atoms with E-state index in [1.807, 2.05) is 0 Å². The SMILES string of the molecule is CCCCCCCCCOC(=S)Nc1cc(C)cc(C)c1. The van der Waals surface area contributed by atoms with Gasteiger partial charge in [0.05, 0.1) is 6.61 Å². The first-order valence-electron chi connectivity index (χ1n) is 8.14. The monoisotopic (exact) mass is 307 g/mol. The molecule has 118 valence electrons. The summed E-state index contributed by atoms with van der Waals surface area (Å²) in [6.45, 7) is 7.13. The van der Waals surface area contributed by atoms with Crippen molar-refractivity contribution in [2.45, 2.75) is 65.7 Å². The van der Waals surface area contributed by atoms with Crippen LogP contribution >= 0.6 is 12.2 Å². The predicted octanol–water partition coefficient (Wildman–Crippen LogP) is 5.77. The van der Waals surface area contributed by atoms with Gasteiger partial charge in [0.15, 0.2) is 0 Å². The van der Waals surface area contributed by atoms with E-state index < -0.39 is 0 Å². The summed E-state index contributed by atoms with van der Waals surface area (Å²) in [5, 5.41) is 3.63. The minimum Gasteiger partial charge on any atom is -0.471 e. The van der Waals surface area contributed by atoms with Crippen molar-refractivity contribution < 1.29 is 4.74 Å². The van der Waals surface area contributed by atoms with Crippen LogP contribution in [-0.2, 0) is 4.74 Å². The van der Waals surface area contributed by atoms with Crippen molar-refractivity contribution in [1.82, 2.24) is 0 Å². The second-order valence-electron chi connectivity index (χ2n) is 5.76. The van der Waals surface area contributed by atoms with Gasteiger partial charge in [0.25, 0.3) is 5.17 Å². The second-order valence-corrected chi connectivity index (χ2v) is 6.13. The van der Waals surface area contributed by atoms with Gasteiger partial charge in [0.2, 0.25) is 0 Å². The molecule has 0 aliphatic carbocycles. The number of nitrogens with one attached hydrogen (secondary N) is 1. The van der Waals surface area contributed by atoms with Gasteiger partial charge in [0.1, 0.15) is 0 Å². The maximum Gasteiger partial charge on any atom is 0.261 e. The molecule has 1 N–H and O–H groups in total. The van der Waals surface area contributed by atoms with Crippen molar-refractivity contribution in [2.75, 3.05) is 11.9 Å².